The van der Waals surface area contributed by atoms with Crippen molar-refractivity contribution in [3.8, 4) is 0 Å². The smallest absolute Gasteiger partial charge is 0.366 e. The molecule has 0 fully saturated rings. The Morgan fingerprint density at radius 1 is 1.00 bits per heavy atom. The van der Waals surface area contributed by atoms with Crippen LogP contribution in [0.3, 0.4) is 0 Å². The summed E-state index contributed by atoms with van der Waals surface area (Å²) < 4.78 is 37.8. The molecule has 1 N–H and O–H groups in total. The number of amides is 1. The van der Waals surface area contributed by atoms with Crippen LogP contribution in [0.1, 0.15) is 28.5 Å². The number of hydrogen-bond donors (Lipinski definition) is 1. The Morgan fingerprint density at radius 2 is 1.69 bits per heavy atom. The fourth-order valence-electron chi connectivity index (χ4n) is 2.83. The van der Waals surface area contributed by atoms with Crippen molar-refractivity contribution < 1.29 is 18.0 Å². The van der Waals surface area contributed by atoms with E-state index in [-0.39, 0.29) is 11.4 Å². The number of carbonyl (C=O) groups is 1. The van der Waals surface area contributed by atoms with Gasteiger partial charge in [-0.25, -0.2) is 4.98 Å². The number of hydrogen-bond acceptors (Lipinski definition) is 3. The number of rotatable bonds is 6. The van der Waals surface area contributed by atoms with Gasteiger partial charge in [-0.05, 0) is 48.9 Å². The van der Waals surface area contributed by atoms with E-state index in [4.69, 9.17) is 0 Å². The zero-order chi connectivity index (χ0) is 20.9. The first kappa shape index (κ1) is 20.4. The minimum atomic E-state index is -4.41. The number of aromatic nitrogens is 1. The first-order valence-corrected chi connectivity index (χ1v) is 9.10. The molecule has 0 saturated carbocycles. The average Bonchev–Trinajstić information content (AvgIpc) is 2.72. The van der Waals surface area contributed by atoms with Crippen molar-refractivity contribution in [2.24, 2.45) is 0 Å². The third-order valence-electron chi connectivity index (χ3n) is 4.41. The molecule has 0 bridgehead atoms. The van der Waals surface area contributed by atoms with Crippen LogP contribution in [-0.2, 0) is 12.7 Å². The topological polar surface area (TPSA) is 45.2 Å². The van der Waals surface area contributed by atoms with Gasteiger partial charge in [0.25, 0.3) is 5.91 Å². The second-order valence-corrected chi connectivity index (χ2v) is 6.43. The monoisotopic (exact) mass is 399 g/mol. The zero-order valence-electron chi connectivity index (χ0n) is 15.8. The normalized spacial score (nSPS) is 11.2. The maximum atomic E-state index is 12.6. The molecule has 1 amide bonds. The van der Waals surface area contributed by atoms with Gasteiger partial charge in [0.05, 0.1) is 17.4 Å². The summed E-state index contributed by atoms with van der Waals surface area (Å²) in [5.74, 6) is -0.484. The Labute approximate surface area is 167 Å². The molecule has 0 saturated heterocycles. The van der Waals surface area contributed by atoms with Gasteiger partial charge in [-0.15, -0.1) is 0 Å². The number of halogens is 3. The lowest BCUT2D eigenvalue weighted by molar-refractivity contribution is -0.137. The summed E-state index contributed by atoms with van der Waals surface area (Å²) in [7, 11) is 0. The van der Waals surface area contributed by atoms with E-state index in [0.717, 1.165) is 30.9 Å². The van der Waals surface area contributed by atoms with Crippen LogP contribution in [0.25, 0.3) is 0 Å². The lowest BCUT2D eigenvalue weighted by atomic mass is 10.2. The fraction of sp³-hybridized carbons (Fsp3) is 0.182. The van der Waals surface area contributed by atoms with E-state index in [9.17, 15) is 18.0 Å². The van der Waals surface area contributed by atoms with Crippen LogP contribution >= 0.6 is 0 Å². The summed E-state index contributed by atoms with van der Waals surface area (Å²) in [4.78, 5) is 18.7. The Hall–Kier alpha value is -3.35. The van der Waals surface area contributed by atoms with Gasteiger partial charge in [0, 0.05) is 18.8 Å². The molecule has 7 heteroatoms. The highest BCUT2D eigenvalue weighted by atomic mass is 19.4. The van der Waals surface area contributed by atoms with Crippen molar-refractivity contribution in [1.29, 1.82) is 0 Å². The second-order valence-electron chi connectivity index (χ2n) is 6.43. The molecule has 0 aliphatic carbocycles. The predicted octanol–water partition coefficient (Wildman–Crippen LogP) is 5.38. The maximum absolute atomic E-state index is 12.6. The summed E-state index contributed by atoms with van der Waals surface area (Å²) >= 11 is 0. The number of anilines is 2. The summed E-state index contributed by atoms with van der Waals surface area (Å²) in [5.41, 5.74) is 1.73. The number of pyridine rings is 1. The van der Waals surface area contributed by atoms with E-state index in [0.29, 0.717) is 0 Å². The molecular formula is C22H20F3N3O. The van der Waals surface area contributed by atoms with Crippen LogP contribution in [0, 0.1) is 0 Å². The zero-order valence-corrected chi connectivity index (χ0v) is 15.8. The minimum absolute atomic E-state index is 0.185. The molecule has 1 aromatic heterocycles. The average molecular weight is 399 g/mol. The van der Waals surface area contributed by atoms with Crippen LogP contribution in [0.4, 0.5) is 24.5 Å². The molecule has 29 heavy (non-hydrogen) atoms. The predicted molar refractivity (Wildman–Crippen MR) is 107 cm³/mol. The molecule has 3 rings (SSSR count). The van der Waals surface area contributed by atoms with Gasteiger partial charge in [0.15, 0.2) is 0 Å². The number of benzene rings is 2. The van der Waals surface area contributed by atoms with Crippen molar-refractivity contribution in [2.75, 3.05) is 16.8 Å². The van der Waals surface area contributed by atoms with E-state index in [1.807, 2.05) is 37.3 Å². The van der Waals surface area contributed by atoms with Gasteiger partial charge in [0.1, 0.15) is 5.69 Å². The molecule has 150 valence electrons. The van der Waals surface area contributed by atoms with E-state index in [2.05, 4.69) is 15.2 Å². The van der Waals surface area contributed by atoms with Gasteiger partial charge in [0.2, 0.25) is 0 Å². The fourth-order valence-corrected chi connectivity index (χ4v) is 2.83. The van der Waals surface area contributed by atoms with Gasteiger partial charge < -0.3 is 10.2 Å². The minimum Gasteiger partial charge on any atom is -0.366 e. The van der Waals surface area contributed by atoms with Gasteiger partial charge in [-0.1, -0.05) is 30.3 Å². The van der Waals surface area contributed by atoms with Crippen LogP contribution < -0.4 is 10.2 Å². The van der Waals surface area contributed by atoms with Crippen LogP contribution in [0.2, 0.25) is 0 Å². The SMILES string of the molecule is CCN(Cc1ccccc1)c1ccc(C(=O)Nc2ccc(C(F)(F)F)cc2)nc1. The maximum Gasteiger partial charge on any atom is 0.416 e. The molecule has 4 nitrogen and oxygen atoms in total. The Bertz CT molecular complexity index is 940. The standard InChI is InChI=1S/C22H20F3N3O/c1-2-28(15-16-6-4-3-5-7-16)19-12-13-20(26-14-19)21(29)27-18-10-8-17(9-11-18)22(23,24)25/h3-14H,2,15H2,1H3,(H,27,29). The first-order chi connectivity index (χ1) is 13.9. The summed E-state index contributed by atoms with van der Waals surface area (Å²) in [6.07, 6.45) is -2.79. The number of alkyl halides is 3. The summed E-state index contributed by atoms with van der Waals surface area (Å²) in [6.45, 7) is 3.53. The molecule has 3 aromatic rings. The van der Waals surface area contributed by atoms with Crippen LogP contribution in [0.15, 0.2) is 72.9 Å². The summed E-state index contributed by atoms with van der Waals surface area (Å²) in [5, 5.41) is 2.56. The Morgan fingerprint density at radius 3 is 2.24 bits per heavy atom. The van der Waals surface area contributed by atoms with Crippen LogP contribution in [-0.4, -0.2) is 17.4 Å². The van der Waals surface area contributed by atoms with E-state index < -0.39 is 17.6 Å². The Kier molecular flexibility index (Phi) is 6.16. The molecule has 0 atom stereocenters. The van der Waals surface area contributed by atoms with Crippen molar-refractivity contribution in [2.45, 2.75) is 19.6 Å². The lowest BCUT2D eigenvalue weighted by Gasteiger charge is -2.23. The molecule has 1 heterocycles. The Balaban J connectivity index is 1.66. The van der Waals surface area contributed by atoms with Crippen molar-refractivity contribution in [1.82, 2.24) is 4.98 Å². The van der Waals surface area contributed by atoms with Crippen LogP contribution in [0.5, 0.6) is 0 Å². The molecule has 0 spiro atoms. The highest BCUT2D eigenvalue weighted by Crippen LogP contribution is 2.29. The van der Waals surface area contributed by atoms with Crippen molar-refractivity contribution >= 4 is 17.3 Å². The third-order valence-corrected chi connectivity index (χ3v) is 4.41. The van der Waals surface area contributed by atoms with Gasteiger partial charge in [-0.3, -0.25) is 4.79 Å². The second kappa shape index (κ2) is 8.77. The molecule has 0 unspecified atom stereocenters. The van der Waals surface area contributed by atoms with E-state index in [1.54, 1.807) is 18.3 Å². The lowest BCUT2D eigenvalue weighted by Crippen LogP contribution is -2.22. The molecule has 0 aliphatic heterocycles. The van der Waals surface area contributed by atoms with Gasteiger partial charge >= 0.3 is 6.18 Å². The van der Waals surface area contributed by atoms with Gasteiger partial charge in [-0.2, -0.15) is 13.2 Å². The highest BCUT2D eigenvalue weighted by molar-refractivity contribution is 6.02. The van der Waals surface area contributed by atoms with E-state index >= 15 is 0 Å². The first-order valence-electron chi connectivity index (χ1n) is 9.10. The molecular weight excluding hydrogens is 379 g/mol. The van der Waals surface area contributed by atoms with E-state index in [1.165, 1.54) is 17.7 Å². The quantitative estimate of drug-likeness (QED) is 0.605. The van der Waals surface area contributed by atoms with Crippen molar-refractivity contribution in [3.63, 3.8) is 0 Å². The number of nitrogens with one attached hydrogen (secondary N) is 1. The molecule has 0 radical (unpaired) electrons. The molecule has 0 aliphatic rings. The van der Waals surface area contributed by atoms with Crippen molar-refractivity contribution in [3.05, 3.63) is 89.7 Å². The largest absolute Gasteiger partial charge is 0.416 e. The number of carbonyl (C=O) groups excluding carboxylic acids is 1. The number of nitrogens with zero attached hydrogens (tertiary/aromatic N) is 2. The summed E-state index contributed by atoms with van der Waals surface area (Å²) in [6, 6.07) is 17.7. The highest BCUT2D eigenvalue weighted by Gasteiger charge is 2.30. The molecule has 2 aromatic carbocycles. The third kappa shape index (κ3) is 5.34.